The summed E-state index contributed by atoms with van der Waals surface area (Å²) in [6.45, 7) is 0.763. The van der Waals surface area contributed by atoms with E-state index in [0.29, 0.717) is 19.4 Å². The van der Waals surface area contributed by atoms with Gasteiger partial charge in [0, 0.05) is 19.3 Å². The Bertz CT molecular complexity index is 984. The zero-order valence-electron chi connectivity index (χ0n) is 15.1. The van der Waals surface area contributed by atoms with Gasteiger partial charge in [0.15, 0.2) is 11.4 Å². The molecule has 8 heteroatoms. The first kappa shape index (κ1) is 18.2. The molecule has 4 rings (SSSR count). The summed E-state index contributed by atoms with van der Waals surface area (Å²) < 4.78 is 7.11. The van der Waals surface area contributed by atoms with Gasteiger partial charge in [-0.15, -0.1) is 0 Å². The summed E-state index contributed by atoms with van der Waals surface area (Å²) in [7, 11) is 0. The average Bonchev–Trinajstić information content (AvgIpc) is 2.85. The summed E-state index contributed by atoms with van der Waals surface area (Å²) in [6, 6.07) is 8.56. The van der Waals surface area contributed by atoms with Crippen LogP contribution in [0, 0.1) is 0 Å². The Kier molecular flexibility index (Phi) is 4.64. The van der Waals surface area contributed by atoms with Crippen molar-refractivity contribution in [3.8, 4) is 5.75 Å². The van der Waals surface area contributed by atoms with Crippen LogP contribution in [-0.2, 0) is 6.61 Å². The topological polar surface area (TPSA) is 109 Å². The monoisotopic (exact) mass is 384 g/mol. The molecule has 2 aromatic rings. The fourth-order valence-corrected chi connectivity index (χ4v) is 3.82. The highest BCUT2D eigenvalue weighted by atomic mass is 16.5. The van der Waals surface area contributed by atoms with Gasteiger partial charge in [0.1, 0.15) is 12.2 Å². The molecule has 0 saturated carbocycles. The summed E-state index contributed by atoms with van der Waals surface area (Å²) >= 11 is 0. The van der Waals surface area contributed by atoms with Crippen molar-refractivity contribution in [1.82, 2.24) is 9.47 Å². The fourth-order valence-electron chi connectivity index (χ4n) is 3.82. The van der Waals surface area contributed by atoms with Crippen LogP contribution >= 0.6 is 0 Å². The van der Waals surface area contributed by atoms with Gasteiger partial charge < -0.3 is 24.4 Å². The average molecular weight is 384 g/mol. The normalized spacial score (nSPS) is 21.0. The van der Waals surface area contributed by atoms with E-state index in [-0.39, 0.29) is 30.5 Å². The molecule has 1 aromatic carbocycles. The summed E-state index contributed by atoms with van der Waals surface area (Å²) in [4.78, 5) is 39.0. The van der Waals surface area contributed by atoms with E-state index >= 15 is 0 Å². The molecule has 2 N–H and O–H groups in total. The third-order valence-corrected chi connectivity index (χ3v) is 5.28. The molecule has 8 nitrogen and oxygen atoms in total. The maximum atomic E-state index is 13.0. The fraction of sp³-hybridized carbons (Fsp3) is 0.350. The van der Waals surface area contributed by atoms with Crippen molar-refractivity contribution in [2.45, 2.75) is 31.6 Å². The molecule has 2 bridgehead atoms. The number of aromatic nitrogens is 1. The number of ether oxygens (including phenoxy) is 1. The Morgan fingerprint density at radius 2 is 1.96 bits per heavy atom. The number of nitrogens with zero attached hydrogens (tertiary/aromatic N) is 2. The van der Waals surface area contributed by atoms with Crippen molar-refractivity contribution >= 4 is 11.9 Å². The van der Waals surface area contributed by atoms with Gasteiger partial charge in [-0.3, -0.25) is 9.59 Å². The molecule has 3 heterocycles. The maximum Gasteiger partial charge on any atom is 0.341 e. The molecular weight excluding hydrogens is 364 g/mol. The largest absolute Gasteiger partial charge is 0.483 e. The van der Waals surface area contributed by atoms with Gasteiger partial charge in [-0.1, -0.05) is 30.3 Å². The molecule has 146 valence electrons. The molecule has 28 heavy (non-hydrogen) atoms. The highest BCUT2D eigenvalue weighted by Crippen LogP contribution is 2.32. The lowest BCUT2D eigenvalue weighted by molar-refractivity contribution is 0.0547. The Balaban J connectivity index is 1.86. The third kappa shape index (κ3) is 3.05. The second-order valence-electron chi connectivity index (χ2n) is 7.06. The number of aliphatic hydroxyl groups excluding tert-OH is 1. The number of hydrogen-bond donors (Lipinski definition) is 2. The summed E-state index contributed by atoms with van der Waals surface area (Å²) in [5, 5.41) is 20.0. The van der Waals surface area contributed by atoms with Crippen LogP contribution < -0.4 is 10.2 Å². The molecular formula is C20H20N2O6. The first-order valence-corrected chi connectivity index (χ1v) is 9.14. The zero-order valence-corrected chi connectivity index (χ0v) is 15.1. The van der Waals surface area contributed by atoms with Crippen LogP contribution in [0.3, 0.4) is 0 Å². The minimum absolute atomic E-state index is 0.00290. The van der Waals surface area contributed by atoms with Gasteiger partial charge >= 0.3 is 5.97 Å². The van der Waals surface area contributed by atoms with E-state index in [9.17, 15) is 24.6 Å². The minimum Gasteiger partial charge on any atom is -0.483 e. The van der Waals surface area contributed by atoms with E-state index in [1.165, 1.54) is 4.57 Å². The van der Waals surface area contributed by atoms with Crippen LogP contribution in [0.25, 0.3) is 0 Å². The van der Waals surface area contributed by atoms with Crippen LogP contribution in [-0.4, -0.2) is 50.8 Å². The molecule has 1 unspecified atom stereocenters. The number of amides is 1. The summed E-state index contributed by atoms with van der Waals surface area (Å²) in [5.41, 5.74) is -0.535. The molecule has 1 fully saturated rings. The van der Waals surface area contributed by atoms with Crippen LogP contribution in [0.1, 0.15) is 45.3 Å². The molecule has 2 atom stereocenters. The molecule has 1 aromatic heterocycles. The molecule has 0 radical (unpaired) electrons. The van der Waals surface area contributed by atoms with Crippen LogP contribution in [0.2, 0.25) is 0 Å². The number of carbonyl (C=O) groups excluding carboxylic acids is 1. The van der Waals surface area contributed by atoms with Gasteiger partial charge in [-0.2, -0.15) is 0 Å². The van der Waals surface area contributed by atoms with E-state index in [4.69, 9.17) is 4.74 Å². The number of carboxylic acids is 1. The first-order valence-electron chi connectivity index (χ1n) is 9.14. The van der Waals surface area contributed by atoms with Gasteiger partial charge in [-0.05, 0) is 18.4 Å². The number of aromatic carboxylic acids is 1. The number of carbonyl (C=O) groups is 2. The van der Waals surface area contributed by atoms with Crippen LogP contribution in [0.4, 0.5) is 0 Å². The van der Waals surface area contributed by atoms with Crippen molar-refractivity contribution in [1.29, 1.82) is 0 Å². The SMILES string of the molecule is O=C(O)c1cn2c(c(OCc3ccccc3)c1=O)C(=O)N1CCC[C@@H](O)C2C1. The van der Waals surface area contributed by atoms with E-state index in [2.05, 4.69) is 0 Å². The molecule has 2 aliphatic heterocycles. The predicted octanol–water partition coefficient (Wildman–Crippen LogP) is 1.28. The number of pyridine rings is 1. The number of fused-ring (bicyclic) bond motifs is 4. The minimum atomic E-state index is -1.40. The van der Waals surface area contributed by atoms with Gasteiger partial charge in [0.25, 0.3) is 5.91 Å². The van der Waals surface area contributed by atoms with E-state index in [0.717, 1.165) is 11.8 Å². The second kappa shape index (κ2) is 7.12. The number of aliphatic hydroxyl groups is 1. The van der Waals surface area contributed by atoms with Gasteiger partial charge in [0.2, 0.25) is 5.43 Å². The molecule has 0 aliphatic carbocycles. The van der Waals surface area contributed by atoms with Crippen molar-refractivity contribution in [3.63, 3.8) is 0 Å². The molecule has 2 aliphatic rings. The van der Waals surface area contributed by atoms with Crippen molar-refractivity contribution in [2.24, 2.45) is 0 Å². The van der Waals surface area contributed by atoms with E-state index < -0.39 is 29.1 Å². The highest BCUT2D eigenvalue weighted by Gasteiger charge is 2.40. The number of benzene rings is 1. The standard InChI is InChI=1S/C20H20N2O6/c23-15-7-4-8-21-10-14(15)22-9-13(20(26)27)17(24)18(16(22)19(21)25)28-11-12-5-2-1-3-6-12/h1-3,5-6,9,14-15,23H,4,7-8,10-11H2,(H,26,27)/t14?,15-/m1/s1. The van der Waals surface area contributed by atoms with Crippen molar-refractivity contribution < 1.29 is 24.5 Å². The number of hydrogen-bond acceptors (Lipinski definition) is 5. The summed E-state index contributed by atoms with van der Waals surface area (Å²) in [5.74, 6) is -2.07. The Morgan fingerprint density at radius 3 is 2.68 bits per heavy atom. The zero-order chi connectivity index (χ0) is 19.8. The Morgan fingerprint density at radius 1 is 1.21 bits per heavy atom. The summed E-state index contributed by atoms with van der Waals surface area (Å²) in [6.07, 6.45) is 1.53. The second-order valence-corrected chi connectivity index (χ2v) is 7.06. The Labute approximate surface area is 160 Å². The van der Waals surface area contributed by atoms with Crippen molar-refractivity contribution in [3.05, 3.63) is 63.6 Å². The predicted molar refractivity (Wildman–Crippen MR) is 98.6 cm³/mol. The van der Waals surface area contributed by atoms with Crippen molar-refractivity contribution in [2.75, 3.05) is 13.1 Å². The number of rotatable bonds is 4. The van der Waals surface area contributed by atoms with Crippen LogP contribution in [0.5, 0.6) is 5.75 Å². The highest BCUT2D eigenvalue weighted by molar-refractivity contribution is 5.97. The maximum absolute atomic E-state index is 13.0. The van der Waals surface area contributed by atoms with E-state index in [1.807, 2.05) is 18.2 Å². The third-order valence-electron chi connectivity index (χ3n) is 5.28. The smallest absolute Gasteiger partial charge is 0.341 e. The lowest BCUT2D eigenvalue weighted by Gasteiger charge is -2.36. The quantitative estimate of drug-likeness (QED) is 0.822. The number of carboxylic acid groups (broad SMARTS) is 1. The van der Waals surface area contributed by atoms with Crippen LogP contribution in [0.15, 0.2) is 41.3 Å². The molecule has 0 spiro atoms. The van der Waals surface area contributed by atoms with E-state index in [1.54, 1.807) is 17.0 Å². The Hall–Kier alpha value is -3.13. The molecule has 1 amide bonds. The molecule has 1 saturated heterocycles. The van der Waals surface area contributed by atoms with Gasteiger partial charge in [-0.25, -0.2) is 4.79 Å². The lowest BCUT2D eigenvalue weighted by atomic mass is 10.0. The first-order chi connectivity index (χ1) is 13.5. The lowest BCUT2D eigenvalue weighted by Crippen LogP contribution is -2.46. The van der Waals surface area contributed by atoms with Gasteiger partial charge in [0.05, 0.1) is 12.1 Å².